The SMILES string of the molecule is Cc1cc(C)n(CCN(C(=O)c2cc3ccccc3o2)c2nc3ccccc3s2)n1. The van der Waals surface area contributed by atoms with Crippen LogP contribution in [0.15, 0.2) is 65.1 Å². The molecule has 2 aromatic carbocycles. The Labute approximate surface area is 177 Å². The number of fused-ring (bicyclic) bond motifs is 2. The molecule has 5 rings (SSSR count). The first-order valence-electron chi connectivity index (χ1n) is 9.75. The fourth-order valence-electron chi connectivity index (χ4n) is 3.58. The van der Waals surface area contributed by atoms with Crippen LogP contribution in [0.2, 0.25) is 0 Å². The lowest BCUT2D eigenvalue weighted by Gasteiger charge is -2.19. The number of rotatable bonds is 5. The molecule has 0 aliphatic carbocycles. The highest BCUT2D eigenvalue weighted by Gasteiger charge is 2.24. The summed E-state index contributed by atoms with van der Waals surface area (Å²) >= 11 is 1.50. The number of benzene rings is 2. The number of hydrogen-bond acceptors (Lipinski definition) is 5. The molecule has 0 aliphatic heterocycles. The van der Waals surface area contributed by atoms with Crippen molar-refractivity contribution < 1.29 is 9.21 Å². The van der Waals surface area contributed by atoms with Gasteiger partial charge in [-0.25, -0.2) is 4.98 Å². The Kier molecular flexibility index (Phi) is 4.59. The summed E-state index contributed by atoms with van der Waals surface area (Å²) in [5.74, 6) is 0.107. The van der Waals surface area contributed by atoms with Gasteiger partial charge in [0, 0.05) is 17.6 Å². The number of thiazole rings is 1. The van der Waals surface area contributed by atoms with Crippen LogP contribution in [0.25, 0.3) is 21.2 Å². The largest absolute Gasteiger partial charge is 0.451 e. The highest BCUT2D eigenvalue weighted by molar-refractivity contribution is 7.22. The molecule has 150 valence electrons. The van der Waals surface area contributed by atoms with Gasteiger partial charge in [-0.15, -0.1) is 0 Å². The van der Waals surface area contributed by atoms with Crippen LogP contribution in [-0.4, -0.2) is 27.2 Å². The molecule has 0 radical (unpaired) electrons. The maximum absolute atomic E-state index is 13.5. The van der Waals surface area contributed by atoms with Gasteiger partial charge in [0.15, 0.2) is 10.9 Å². The van der Waals surface area contributed by atoms with Gasteiger partial charge >= 0.3 is 0 Å². The summed E-state index contributed by atoms with van der Waals surface area (Å²) in [7, 11) is 0. The van der Waals surface area contributed by atoms with E-state index in [4.69, 9.17) is 9.40 Å². The fourth-order valence-corrected chi connectivity index (χ4v) is 4.57. The van der Waals surface area contributed by atoms with Crippen molar-refractivity contribution in [2.45, 2.75) is 20.4 Å². The molecule has 0 unspecified atom stereocenters. The first-order chi connectivity index (χ1) is 14.6. The summed E-state index contributed by atoms with van der Waals surface area (Å²) in [4.78, 5) is 19.9. The Hall–Kier alpha value is -3.45. The lowest BCUT2D eigenvalue weighted by molar-refractivity contribution is 0.0961. The van der Waals surface area contributed by atoms with Gasteiger partial charge in [0.2, 0.25) is 0 Å². The second-order valence-corrected chi connectivity index (χ2v) is 8.23. The number of aryl methyl sites for hydroxylation is 2. The van der Waals surface area contributed by atoms with Crippen molar-refractivity contribution in [2.24, 2.45) is 0 Å². The highest BCUT2D eigenvalue weighted by Crippen LogP contribution is 2.30. The smallest absolute Gasteiger partial charge is 0.295 e. The van der Waals surface area contributed by atoms with Crippen LogP contribution in [0.4, 0.5) is 5.13 Å². The van der Waals surface area contributed by atoms with Gasteiger partial charge in [-0.3, -0.25) is 14.4 Å². The van der Waals surface area contributed by atoms with Crippen molar-refractivity contribution in [1.82, 2.24) is 14.8 Å². The van der Waals surface area contributed by atoms with Crippen molar-refractivity contribution >= 4 is 43.6 Å². The van der Waals surface area contributed by atoms with E-state index in [1.165, 1.54) is 11.3 Å². The topological polar surface area (TPSA) is 64.2 Å². The van der Waals surface area contributed by atoms with Gasteiger partial charge in [0.1, 0.15) is 5.58 Å². The van der Waals surface area contributed by atoms with Gasteiger partial charge in [-0.2, -0.15) is 5.10 Å². The normalized spacial score (nSPS) is 11.4. The zero-order chi connectivity index (χ0) is 20.7. The molecule has 0 saturated carbocycles. The average molecular weight is 417 g/mol. The lowest BCUT2D eigenvalue weighted by Crippen LogP contribution is -2.34. The summed E-state index contributed by atoms with van der Waals surface area (Å²) in [5, 5.41) is 6.09. The third-order valence-corrected chi connectivity index (χ3v) is 6.09. The first kappa shape index (κ1) is 18.6. The molecule has 0 spiro atoms. The fraction of sp³-hybridized carbons (Fsp3) is 0.174. The van der Waals surface area contributed by atoms with E-state index in [2.05, 4.69) is 5.10 Å². The molecule has 1 amide bonds. The lowest BCUT2D eigenvalue weighted by atomic mass is 10.2. The van der Waals surface area contributed by atoms with E-state index in [-0.39, 0.29) is 5.91 Å². The molecular weight excluding hydrogens is 396 g/mol. The number of carbonyl (C=O) groups excluding carboxylic acids is 1. The Morgan fingerprint density at radius 2 is 1.90 bits per heavy atom. The van der Waals surface area contributed by atoms with Gasteiger partial charge in [-0.05, 0) is 44.2 Å². The predicted octanol–water partition coefficient (Wildman–Crippen LogP) is 5.20. The molecule has 3 heterocycles. The molecule has 0 N–H and O–H groups in total. The number of furan rings is 1. The van der Waals surface area contributed by atoms with Crippen molar-refractivity contribution in [2.75, 3.05) is 11.4 Å². The summed E-state index contributed by atoms with van der Waals surface area (Å²) in [6.07, 6.45) is 0. The Morgan fingerprint density at radius 1 is 1.10 bits per heavy atom. The van der Waals surface area contributed by atoms with Crippen molar-refractivity contribution in [3.63, 3.8) is 0 Å². The van der Waals surface area contributed by atoms with Crippen LogP contribution in [0.3, 0.4) is 0 Å². The monoisotopic (exact) mass is 416 g/mol. The Balaban J connectivity index is 1.52. The van der Waals surface area contributed by atoms with Crippen LogP contribution >= 0.6 is 11.3 Å². The zero-order valence-electron chi connectivity index (χ0n) is 16.7. The van der Waals surface area contributed by atoms with E-state index >= 15 is 0 Å². The molecular formula is C23H20N4O2S. The Bertz CT molecular complexity index is 1300. The molecule has 0 aliphatic rings. The second kappa shape index (κ2) is 7.42. The van der Waals surface area contributed by atoms with Crippen LogP contribution < -0.4 is 4.90 Å². The molecule has 7 heteroatoms. The van der Waals surface area contributed by atoms with E-state index in [0.717, 1.165) is 27.0 Å². The van der Waals surface area contributed by atoms with Crippen molar-refractivity contribution in [1.29, 1.82) is 0 Å². The number of para-hydroxylation sites is 2. The number of aromatic nitrogens is 3. The zero-order valence-corrected chi connectivity index (χ0v) is 17.5. The first-order valence-corrected chi connectivity index (χ1v) is 10.6. The van der Waals surface area contributed by atoms with E-state index < -0.39 is 0 Å². The minimum Gasteiger partial charge on any atom is -0.451 e. The summed E-state index contributed by atoms with van der Waals surface area (Å²) in [6.45, 7) is 5.00. The number of amides is 1. The van der Waals surface area contributed by atoms with Gasteiger partial charge in [0.05, 0.1) is 22.5 Å². The van der Waals surface area contributed by atoms with Crippen LogP contribution in [0.5, 0.6) is 0 Å². The molecule has 0 fully saturated rings. The van der Waals surface area contributed by atoms with E-state index in [1.54, 1.807) is 11.0 Å². The van der Waals surface area contributed by atoms with Crippen LogP contribution in [0.1, 0.15) is 21.9 Å². The van der Waals surface area contributed by atoms with Gasteiger partial charge in [-0.1, -0.05) is 41.7 Å². The molecule has 0 atom stereocenters. The molecule has 0 saturated heterocycles. The maximum atomic E-state index is 13.5. The average Bonchev–Trinajstić information content (AvgIpc) is 3.44. The molecule has 30 heavy (non-hydrogen) atoms. The van der Waals surface area contributed by atoms with Crippen molar-refractivity contribution in [3.8, 4) is 0 Å². The number of hydrogen-bond donors (Lipinski definition) is 0. The summed E-state index contributed by atoms with van der Waals surface area (Å²) in [5.41, 5.74) is 3.60. The van der Waals surface area contributed by atoms with Gasteiger partial charge < -0.3 is 4.42 Å². The number of nitrogens with zero attached hydrogens (tertiary/aromatic N) is 4. The Morgan fingerprint density at radius 3 is 2.67 bits per heavy atom. The van der Waals surface area contributed by atoms with Crippen molar-refractivity contribution in [3.05, 3.63) is 77.8 Å². The molecule has 3 aromatic heterocycles. The number of anilines is 1. The van der Waals surface area contributed by atoms with Crippen LogP contribution in [0, 0.1) is 13.8 Å². The minimum atomic E-state index is -0.202. The predicted molar refractivity (Wildman–Crippen MR) is 119 cm³/mol. The molecule has 0 bridgehead atoms. The maximum Gasteiger partial charge on any atom is 0.295 e. The quantitative estimate of drug-likeness (QED) is 0.395. The van der Waals surface area contributed by atoms with E-state index in [1.807, 2.05) is 73.1 Å². The third-order valence-electron chi connectivity index (χ3n) is 5.03. The third kappa shape index (κ3) is 3.37. The summed E-state index contributed by atoms with van der Waals surface area (Å²) < 4.78 is 8.81. The number of carbonyl (C=O) groups is 1. The van der Waals surface area contributed by atoms with Crippen LogP contribution in [-0.2, 0) is 6.54 Å². The summed E-state index contributed by atoms with van der Waals surface area (Å²) in [6, 6.07) is 19.4. The highest BCUT2D eigenvalue weighted by atomic mass is 32.1. The second-order valence-electron chi connectivity index (χ2n) is 7.22. The standard InChI is InChI=1S/C23H20N4O2S/c1-15-13-16(2)27(25-15)12-11-26(23-24-18-8-4-6-10-21(18)30-23)22(28)20-14-17-7-3-5-9-19(17)29-20/h3-10,13-14H,11-12H2,1-2H3. The molecule has 6 nitrogen and oxygen atoms in total. The molecule has 5 aromatic rings. The van der Waals surface area contributed by atoms with Gasteiger partial charge in [0.25, 0.3) is 5.91 Å². The van der Waals surface area contributed by atoms with E-state index in [9.17, 15) is 4.79 Å². The van der Waals surface area contributed by atoms with E-state index in [0.29, 0.717) is 29.6 Å². The minimum absolute atomic E-state index is 0.202.